The Morgan fingerprint density at radius 1 is 1.20 bits per heavy atom. The zero-order valence-electron chi connectivity index (χ0n) is 12.7. The highest BCUT2D eigenvalue weighted by Gasteiger charge is 2.02. The summed E-state index contributed by atoms with van der Waals surface area (Å²) in [6, 6.07) is 4.13. The van der Waals surface area contributed by atoms with Gasteiger partial charge in [-0.3, -0.25) is 9.78 Å². The Morgan fingerprint density at radius 3 is 2.65 bits per heavy atom. The number of carbonyl (C=O) groups excluding carboxylic acids is 1. The monoisotopic (exact) mass is 278 g/mol. The van der Waals surface area contributed by atoms with Gasteiger partial charge in [-0.25, -0.2) is 0 Å². The second-order valence-electron chi connectivity index (χ2n) is 5.02. The molecule has 4 nitrogen and oxygen atoms in total. The van der Waals surface area contributed by atoms with Crippen LogP contribution in [0.2, 0.25) is 0 Å². The van der Waals surface area contributed by atoms with E-state index in [1.165, 1.54) is 5.56 Å². The fraction of sp³-hybridized carbons (Fsp3) is 0.625. The van der Waals surface area contributed by atoms with Crippen molar-refractivity contribution in [2.45, 2.75) is 39.0 Å². The predicted molar refractivity (Wildman–Crippen MR) is 80.5 cm³/mol. The van der Waals surface area contributed by atoms with Gasteiger partial charge in [-0.1, -0.05) is 6.42 Å². The summed E-state index contributed by atoms with van der Waals surface area (Å²) in [6.07, 6.45) is 8.42. The summed E-state index contributed by atoms with van der Waals surface area (Å²) >= 11 is 0. The van der Waals surface area contributed by atoms with Gasteiger partial charge in [0, 0.05) is 25.4 Å². The summed E-state index contributed by atoms with van der Waals surface area (Å²) in [5.74, 6) is -0.0708. The second-order valence-corrected chi connectivity index (χ2v) is 5.02. The zero-order chi connectivity index (χ0) is 14.6. The van der Waals surface area contributed by atoms with Crippen LogP contribution in [-0.2, 0) is 16.0 Å². The lowest BCUT2D eigenvalue weighted by molar-refractivity contribution is -0.143. The molecule has 0 fully saturated rings. The van der Waals surface area contributed by atoms with Crippen molar-refractivity contribution in [1.82, 2.24) is 9.88 Å². The average molecular weight is 278 g/mol. The lowest BCUT2D eigenvalue weighted by Crippen LogP contribution is -2.22. The number of pyridine rings is 1. The molecule has 1 heterocycles. The first-order valence-corrected chi connectivity index (χ1v) is 7.45. The maximum Gasteiger partial charge on any atom is 0.305 e. The first-order chi connectivity index (χ1) is 9.72. The van der Waals surface area contributed by atoms with Gasteiger partial charge in [0.25, 0.3) is 0 Å². The lowest BCUT2D eigenvalue weighted by atomic mass is 10.1. The van der Waals surface area contributed by atoms with Crippen LogP contribution in [0.5, 0.6) is 0 Å². The molecule has 0 radical (unpaired) electrons. The normalized spacial score (nSPS) is 10.8. The van der Waals surface area contributed by atoms with E-state index in [4.69, 9.17) is 4.74 Å². The van der Waals surface area contributed by atoms with Crippen LogP contribution in [0.3, 0.4) is 0 Å². The number of likely N-dealkylation sites (N-methyl/N-ethyl adjacent to an activating group) is 1. The van der Waals surface area contributed by atoms with E-state index in [0.717, 1.165) is 38.8 Å². The van der Waals surface area contributed by atoms with E-state index in [1.807, 2.05) is 19.3 Å². The van der Waals surface area contributed by atoms with E-state index in [0.29, 0.717) is 13.0 Å². The summed E-state index contributed by atoms with van der Waals surface area (Å²) in [7, 11) is 2.15. The van der Waals surface area contributed by atoms with Crippen LogP contribution in [-0.4, -0.2) is 42.6 Å². The maximum absolute atomic E-state index is 11.2. The molecule has 0 aliphatic rings. The molecule has 0 spiro atoms. The smallest absolute Gasteiger partial charge is 0.305 e. The fourth-order valence-corrected chi connectivity index (χ4v) is 2.04. The molecule has 0 atom stereocenters. The minimum absolute atomic E-state index is 0.0708. The predicted octanol–water partition coefficient (Wildman–Crippen LogP) is 2.68. The van der Waals surface area contributed by atoms with Gasteiger partial charge in [0.2, 0.25) is 0 Å². The third-order valence-corrected chi connectivity index (χ3v) is 3.26. The van der Waals surface area contributed by atoms with E-state index in [-0.39, 0.29) is 5.97 Å². The molecule has 1 aromatic rings. The quantitative estimate of drug-likeness (QED) is 0.487. The largest absolute Gasteiger partial charge is 0.466 e. The lowest BCUT2D eigenvalue weighted by Gasteiger charge is -2.16. The van der Waals surface area contributed by atoms with Crippen LogP contribution in [0.1, 0.15) is 38.2 Å². The van der Waals surface area contributed by atoms with Crippen molar-refractivity contribution in [2.75, 3.05) is 26.7 Å². The number of hydrogen-bond donors (Lipinski definition) is 0. The molecule has 1 aromatic heterocycles. The van der Waals surface area contributed by atoms with Crippen molar-refractivity contribution in [3.05, 3.63) is 30.1 Å². The number of carbonyl (C=O) groups is 1. The number of unbranched alkanes of at least 4 members (excludes halogenated alkanes) is 2. The average Bonchev–Trinajstić information content (AvgIpc) is 2.46. The number of ether oxygens (including phenoxy) is 1. The van der Waals surface area contributed by atoms with Gasteiger partial charge in [-0.2, -0.15) is 0 Å². The van der Waals surface area contributed by atoms with Gasteiger partial charge in [0.15, 0.2) is 0 Å². The van der Waals surface area contributed by atoms with Gasteiger partial charge < -0.3 is 9.64 Å². The van der Waals surface area contributed by atoms with Crippen molar-refractivity contribution in [1.29, 1.82) is 0 Å². The first-order valence-electron chi connectivity index (χ1n) is 7.45. The van der Waals surface area contributed by atoms with Crippen molar-refractivity contribution < 1.29 is 9.53 Å². The molecule has 0 bridgehead atoms. The van der Waals surface area contributed by atoms with Crippen LogP contribution in [0, 0.1) is 0 Å². The van der Waals surface area contributed by atoms with Crippen molar-refractivity contribution in [2.24, 2.45) is 0 Å². The van der Waals surface area contributed by atoms with E-state index in [2.05, 4.69) is 29.1 Å². The number of rotatable bonds is 10. The molecular weight excluding hydrogens is 252 g/mol. The minimum Gasteiger partial charge on any atom is -0.466 e. The van der Waals surface area contributed by atoms with E-state index in [9.17, 15) is 4.79 Å². The molecule has 0 saturated heterocycles. The molecule has 0 unspecified atom stereocenters. The molecule has 0 N–H and O–H groups in total. The van der Waals surface area contributed by atoms with E-state index in [1.54, 1.807) is 0 Å². The molecule has 0 amide bonds. The summed E-state index contributed by atoms with van der Waals surface area (Å²) < 4.78 is 4.90. The Kier molecular flexibility index (Phi) is 8.63. The third kappa shape index (κ3) is 7.89. The highest BCUT2D eigenvalue weighted by Crippen LogP contribution is 2.04. The summed E-state index contributed by atoms with van der Waals surface area (Å²) in [4.78, 5) is 17.5. The Labute approximate surface area is 122 Å². The molecular formula is C16H26N2O2. The highest BCUT2D eigenvalue weighted by atomic mass is 16.5. The molecule has 0 aliphatic carbocycles. The van der Waals surface area contributed by atoms with E-state index < -0.39 is 0 Å². The van der Waals surface area contributed by atoms with Crippen LogP contribution in [0.25, 0.3) is 0 Å². The topological polar surface area (TPSA) is 42.4 Å². The molecule has 0 aliphatic heterocycles. The van der Waals surface area contributed by atoms with Crippen LogP contribution < -0.4 is 0 Å². The van der Waals surface area contributed by atoms with Crippen LogP contribution >= 0.6 is 0 Å². The van der Waals surface area contributed by atoms with Gasteiger partial charge in [0.05, 0.1) is 6.61 Å². The highest BCUT2D eigenvalue weighted by molar-refractivity contribution is 5.69. The Bertz CT molecular complexity index is 368. The molecule has 20 heavy (non-hydrogen) atoms. The van der Waals surface area contributed by atoms with E-state index >= 15 is 0 Å². The molecule has 0 aromatic carbocycles. The number of esters is 1. The second kappa shape index (κ2) is 10.4. The standard InChI is InChI=1S/C16H26N2O2/c1-3-20-16(19)7-5-4-6-13-18(2)14-10-15-8-11-17-12-9-15/h8-9,11-12H,3-7,10,13-14H2,1-2H3. The number of aromatic nitrogens is 1. The van der Waals surface area contributed by atoms with Gasteiger partial charge in [-0.05, 0) is 57.5 Å². The number of nitrogens with zero attached hydrogens (tertiary/aromatic N) is 2. The van der Waals surface area contributed by atoms with Crippen molar-refractivity contribution in [3.8, 4) is 0 Å². The van der Waals surface area contributed by atoms with Gasteiger partial charge >= 0.3 is 5.97 Å². The SMILES string of the molecule is CCOC(=O)CCCCCN(C)CCc1ccncc1. The van der Waals surface area contributed by atoms with Crippen molar-refractivity contribution in [3.63, 3.8) is 0 Å². The maximum atomic E-state index is 11.2. The van der Waals surface area contributed by atoms with Crippen molar-refractivity contribution >= 4 is 5.97 Å². The Balaban J connectivity index is 2.00. The zero-order valence-corrected chi connectivity index (χ0v) is 12.7. The first kappa shape index (κ1) is 16.6. The summed E-state index contributed by atoms with van der Waals surface area (Å²) in [5.41, 5.74) is 1.33. The Morgan fingerprint density at radius 2 is 1.95 bits per heavy atom. The fourth-order valence-electron chi connectivity index (χ4n) is 2.04. The van der Waals surface area contributed by atoms with Crippen LogP contribution in [0.4, 0.5) is 0 Å². The molecule has 4 heteroatoms. The summed E-state index contributed by atoms with van der Waals surface area (Å²) in [6.45, 7) is 4.46. The number of hydrogen-bond acceptors (Lipinski definition) is 4. The third-order valence-electron chi connectivity index (χ3n) is 3.26. The molecule has 1 rings (SSSR count). The van der Waals surface area contributed by atoms with Gasteiger partial charge in [0.1, 0.15) is 0 Å². The Hall–Kier alpha value is -1.42. The molecule has 0 saturated carbocycles. The molecule has 112 valence electrons. The van der Waals surface area contributed by atoms with Gasteiger partial charge in [-0.15, -0.1) is 0 Å². The summed E-state index contributed by atoms with van der Waals surface area (Å²) in [5, 5.41) is 0. The van der Waals surface area contributed by atoms with Crippen LogP contribution in [0.15, 0.2) is 24.5 Å². The minimum atomic E-state index is -0.0708.